The van der Waals surface area contributed by atoms with Gasteiger partial charge in [-0.25, -0.2) is 4.98 Å². The summed E-state index contributed by atoms with van der Waals surface area (Å²) in [6.45, 7) is 0. The molecule has 0 atom stereocenters. The summed E-state index contributed by atoms with van der Waals surface area (Å²) in [4.78, 5) is 16.4. The molecule has 1 aromatic heterocycles. The minimum Gasteiger partial charge on any atom is -0.399 e. The van der Waals surface area contributed by atoms with Gasteiger partial charge in [0, 0.05) is 22.2 Å². The van der Waals surface area contributed by atoms with Gasteiger partial charge in [0.25, 0.3) is 0 Å². The Bertz CT molecular complexity index is 545. The van der Waals surface area contributed by atoms with Crippen LogP contribution in [0.5, 0.6) is 0 Å². The second kappa shape index (κ2) is 6.08. The van der Waals surface area contributed by atoms with Crippen LogP contribution in [0.25, 0.3) is 0 Å². The van der Waals surface area contributed by atoms with E-state index in [0.717, 1.165) is 4.90 Å². The second-order valence-electron chi connectivity index (χ2n) is 3.36. The summed E-state index contributed by atoms with van der Waals surface area (Å²) in [7, 11) is 0. The SMILES string of the molecule is Nc1ccc(SCC(=O)Nc2nccs2)c(Cl)c1. The van der Waals surface area contributed by atoms with Gasteiger partial charge in [-0.1, -0.05) is 11.6 Å². The van der Waals surface area contributed by atoms with Crippen LogP contribution in [0.15, 0.2) is 34.7 Å². The summed E-state index contributed by atoms with van der Waals surface area (Å²) in [5.74, 6) is 0.172. The van der Waals surface area contributed by atoms with Gasteiger partial charge >= 0.3 is 0 Å². The third kappa shape index (κ3) is 3.63. The number of nitrogen functional groups attached to an aromatic ring is 1. The molecule has 0 unspecified atom stereocenters. The molecule has 0 spiro atoms. The van der Waals surface area contributed by atoms with Gasteiger partial charge in [-0.3, -0.25) is 4.79 Å². The third-order valence-corrected chi connectivity index (χ3v) is 4.18. The molecule has 2 aromatic rings. The van der Waals surface area contributed by atoms with Crippen LogP contribution in [-0.2, 0) is 4.79 Å². The van der Waals surface area contributed by atoms with Gasteiger partial charge in [-0.05, 0) is 18.2 Å². The molecule has 0 bridgehead atoms. The van der Waals surface area contributed by atoms with Crippen LogP contribution < -0.4 is 11.1 Å². The standard InChI is InChI=1S/C11H10ClN3OS2/c12-8-5-7(13)1-2-9(8)18-6-10(16)15-11-14-3-4-17-11/h1-5H,6,13H2,(H,14,15,16). The molecule has 0 aliphatic carbocycles. The number of hydrogen-bond donors (Lipinski definition) is 2. The maximum atomic E-state index is 11.6. The van der Waals surface area contributed by atoms with Crippen LogP contribution in [-0.4, -0.2) is 16.6 Å². The van der Waals surface area contributed by atoms with E-state index in [1.807, 2.05) is 0 Å². The van der Waals surface area contributed by atoms with E-state index in [1.165, 1.54) is 23.1 Å². The summed E-state index contributed by atoms with van der Waals surface area (Å²) in [5.41, 5.74) is 6.20. The van der Waals surface area contributed by atoms with Crippen molar-refractivity contribution in [2.75, 3.05) is 16.8 Å². The number of halogens is 1. The number of carbonyl (C=O) groups excluding carboxylic acids is 1. The Labute approximate surface area is 118 Å². The summed E-state index contributed by atoms with van der Waals surface area (Å²) in [6, 6.07) is 5.23. The van der Waals surface area contributed by atoms with Crippen LogP contribution in [0.1, 0.15) is 0 Å². The molecule has 1 amide bonds. The number of nitrogens with zero attached hydrogens (tertiary/aromatic N) is 1. The number of nitrogens with two attached hydrogens (primary N) is 1. The first kappa shape index (κ1) is 13.2. The van der Waals surface area contributed by atoms with Crippen molar-refractivity contribution >= 4 is 51.4 Å². The highest BCUT2D eigenvalue weighted by atomic mass is 35.5. The van der Waals surface area contributed by atoms with Gasteiger partial charge in [-0.2, -0.15) is 0 Å². The van der Waals surface area contributed by atoms with E-state index < -0.39 is 0 Å². The largest absolute Gasteiger partial charge is 0.399 e. The molecular weight excluding hydrogens is 290 g/mol. The number of carbonyl (C=O) groups is 1. The van der Waals surface area contributed by atoms with E-state index in [9.17, 15) is 4.79 Å². The minimum absolute atomic E-state index is 0.108. The van der Waals surface area contributed by atoms with E-state index in [1.54, 1.807) is 29.8 Å². The van der Waals surface area contributed by atoms with E-state index in [-0.39, 0.29) is 11.7 Å². The van der Waals surface area contributed by atoms with Crippen molar-refractivity contribution in [2.24, 2.45) is 0 Å². The number of benzene rings is 1. The van der Waals surface area contributed by atoms with E-state index in [4.69, 9.17) is 17.3 Å². The predicted octanol–water partition coefficient (Wildman–Crippen LogP) is 3.11. The molecule has 7 heteroatoms. The van der Waals surface area contributed by atoms with E-state index in [2.05, 4.69) is 10.3 Å². The van der Waals surface area contributed by atoms with Crippen molar-refractivity contribution in [1.29, 1.82) is 0 Å². The fourth-order valence-electron chi connectivity index (χ4n) is 1.22. The normalized spacial score (nSPS) is 10.3. The number of thioether (sulfide) groups is 1. The molecule has 0 fully saturated rings. The average Bonchev–Trinajstić information content (AvgIpc) is 2.80. The van der Waals surface area contributed by atoms with Crippen LogP contribution in [0.4, 0.5) is 10.8 Å². The van der Waals surface area contributed by atoms with Gasteiger partial charge in [0.2, 0.25) is 5.91 Å². The third-order valence-electron chi connectivity index (χ3n) is 1.99. The van der Waals surface area contributed by atoms with Crippen molar-refractivity contribution in [1.82, 2.24) is 4.98 Å². The van der Waals surface area contributed by atoms with Crippen molar-refractivity contribution in [3.63, 3.8) is 0 Å². The van der Waals surface area contributed by atoms with Gasteiger partial charge in [0.05, 0.1) is 10.8 Å². The van der Waals surface area contributed by atoms with E-state index >= 15 is 0 Å². The lowest BCUT2D eigenvalue weighted by molar-refractivity contribution is -0.113. The molecule has 1 aromatic carbocycles. The monoisotopic (exact) mass is 299 g/mol. The summed E-state index contributed by atoms with van der Waals surface area (Å²) < 4.78 is 0. The number of hydrogen-bond acceptors (Lipinski definition) is 5. The molecule has 4 nitrogen and oxygen atoms in total. The molecule has 1 heterocycles. The Morgan fingerprint density at radius 1 is 1.56 bits per heavy atom. The second-order valence-corrected chi connectivity index (χ2v) is 5.68. The zero-order valence-electron chi connectivity index (χ0n) is 9.22. The quantitative estimate of drug-likeness (QED) is 0.672. The Kier molecular flexibility index (Phi) is 4.46. The fourth-order valence-corrected chi connectivity index (χ4v) is 2.84. The molecule has 0 radical (unpaired) electrons. The van der Waals surface area contributed by atoms with Crippen molar-refractivity contribution in [3.8, 4) is 0 Å². The van der Waals surface area contributed by atoms with Crippen molar-refractivity contribution in [2.45, 2.75) is 4.90 Å². The molecule has 0 saturated carbocycles. The zero-order chi connectivity index (χ0) is 13.0. The van der Waals surface area contributed by atoms with Crippen molar-refractivity contribution in [3.05, 3.63) is 34.8 Å². The highest BCUT2D eigenvalue weighted by molar-refractivity contribution is 8.00. The van der Waals surface area contributed by atoms with Crippen LogP contribution >= 0.6 is 34.7 Å². The average molecular weight is 300 g/mol. The highest BCUT2D eigenvalue weighted by Gasteiger charge is 2.07. The number of nitrogens with one attached hydrogen (secondary N) is 1. The molecule has 3 N–H and O–H groups in total. The lowest BCUT2D eigenvalue weighted by atomic mass is 10.3. The Morgan fingerprint density at radius 3 is 3.06 bits per heavy atom. The molecule has 0 saturated heterocycles. The zero-order valence-corrected chi connectivity index (χ0v) is 11.6. The number of thiazole rings is 1. The summed E-state index contributed by atoms with van der Waals surface area (Å²) >= 11 is 8.76. The Morgan fingerprint density at radius 2 is 2.39 bits per heavy atom. The smallest absolute Gasteiger partial charge is 0.236 e. The number of anilines is 2. The maximum absolute atomic E-state index is 11.6. The first-order valence-corrected chi connectivity index (χ1v) is 7.26. The molecule has 18 heavy (non-hydrogen) atoms. The number of amides is 1. The molecular formula is C11H10ClN3OS2. The summed E-state index contributed by atoms with van der Waals surface area (Å²) in [6.07, 6.45) is 1.64. The first-order valence-electron chi connectivity index (χ1n) is 5.02. The van der Waals surface area contributed by atoms with Gasteiger partial charge in [0.15, 0.2) is 5.13 Å². The van der Waals surface area contributed by atoms with Crippen LogP contribution in [0.2, 0.25) is 5.02 Å². The first-order chi connectivity index (χ1) is 8.65. The molecule has 2 rings (SSSR count). The van der Waals surface area contributed by atoms with E-state index in [0.29, 0.717) is 15.8 Å². The summed E-state index contributed by atoms with van der Waals surface area (Å²) in [5, 5.41) is 5.67. The lowest BCUT2D eigenvalue weighted by Gasteiger charge is -2.04. The van der Waals surface area contributed by atoms with Crippen LogP contribution in [0, 0.1) is 0 Å². The Hall–Kier alpha value is -1.24. The lowest BCUT2D eigenvalue weighted by Crippen LogP contribution is -2.13. The maximum Gasteiger partial charge on any atom is 0.236 e. The topological polar surface area (TPSA) is 68.0 Å². The van der Waals surface area contributed by atoms with Gasteiger partial charge < -0.3 is 11.1 Å². The van der Waals surface area contributed by atoms with Gasteiger partial charge in [0.1, 0.15) is 0 Å². The highest BCUT2D eigenvalue weighted by Crippen LogP contribution is 2.28. The number of rotatable bonds is 4. The predicted molar refractivity (Wildman–Crippen MR) is 77.3 cm³/mol. The Balaban J connectivity index is 1.89. The van der Waals surface area contributed by atoms with Crippen LogP contribution in [0.3, 0.4) is 0 Å². The molecule has 94 valence electrons. The minimum atomic E-state index is -0.108. The fraction of sp³-hybridized carbons (Fsp3) is 0.0909. The number of aromatic nitrogens is 1. The molecule has 0 aliphatic heterocycles. The molecule has 0 aliphatic rings. The van der Waals surface area contributed by atoms with Gasteiger partial charge in [-0.15, -0.1) is 23.1 Å². The van der Waals surface area contributed by atoms with Crippen molar-refractivity contribution < 1.29 is 4.79 Å².